The maximum absolute atomic E-state index is 15.1. The average molecular weight is 503 g/mol. The van der Waals surface area contributed by atoms with Crippen LogP contribution in [0.5, 0.6) is 0 Å². The quantitative estimate of drug-likeness (QED) is 0.103. The van der Waals surface area contributed by atoms with Gasteiger partial charge in [0, 0.05) is 16.5 Å². The molecule has 0 spiro atoms. The summed E-state index contributed by atoms with van der Waals surface area (Å²) in [6.45, 7) is 6.01. The van der Waals surface area contributed by atoms with Crippen molar-refractivity contribution in [2.75, 3.05) is 0 Å². The lowest BCUT2D eigenvalue weighted by Gasteiger charge is -2.07. The van der Waals surface area contributed by atoms with Crippen LogP contribution >= 0.6 is 0 Å². The first-order valence-corrected chi connectivity index (χ1v) is 14.2. The van der Waals surface area contributed by atoms with E-state index in [2.05, 4.69) is 73.9 Å². The van der Waals surface area contributed by atoms with E-state index < -0.39 is 0 Å². The molecule has 4 aromatic rings. The maximum Gasteiger partial charge on any atom is 0.134 e. The molecule has 4 aromatic carbocycles. The molecule has 0 atom stereocenters. The molecule has 4 rings (SSSR count). The molecule has 0 amide bonds. The molecule has 0 fully saturated rings. The Kier molecular flexibility index (Phi) is 10.3. The van der Waals surface area contributed by atoms with Gasteiger partial charge in [-0.25, -0.2) is 4.39 Å². The Morgan fingerprint density at radius 3 is 1.95 bits per heavy atom. The van der Waals surface area contributed by atoms with Gasteiger partial charge in [0.15, 0.2) is 0 Å². The third-order valence-corrected chi connectivity index (χ3v) is 7.25. The predicted molar refractivity (Wildman–Crippen MR) is 161 cm³/mol. The van der Waals surface area contributed by atoms with E-state index in [1.54, 1.807) is 0 Å². The van der Waals surface area contributed by atoms with Crippen LogP contribution in [0.3, 0.4) is 0 Å². The van der Waals surface area contributed by atoms with Crippen LogP contribution < -0.4 is 0 Å². The second kappa shape index (κ2) is 14.3. The molecule has 0 N–H and O–H groups in total. The molecular formula is C37H39F. The first-order chi connectivity index (χ1) is 18.7. The van der Waals surface area contributed by atoms with Crippen LogP contribution in [0.25, 0.3) is 10.8 Å². The third kappa shape index (κ3) is 7.93. The Balaban J connectivity index is 1.33. The number of unbranched alkanes of at least 4 members (excludes halogenated alkanes) is 4. The van der Waals surface area contributed by atoms with E-state index in [9.17, 15) is 0 Å². The Labute approximate surface area is 228 Å². The molecule has 0 nitrogen and oxygen atoms in total. The fourth-order valence-corrected chi connectivity index (χ4v) is 4.86. The molecule has 38 heavy (non-hydrogen) atoms. The number of hydrogen-bond acceptors (Lipinski definition) is 0. The Morgan fingerprint density at radius 2 is 1.26 bits per heavy atom. The zero-order valence-corrected chi connectivity index (χ0v) is 22.7. The summed E-state index contributed by atoms with van der Waals surface area (Å²) in [6, 6.07) is 27.2. The number of benzene rings is 4. The molecule has 194 valence electrons. The summed E-state index contributed by atoms with van der Waals surface area (Å²) < 4.78 is 15.1. The Hall–Kier alpha value is -3.63. The van der Waals surface area contributed by atoms with E-state index in [0.717, 1.165) is 60.6 Å². The molecule has 0 radical (unpaired) electrons. The molecule has 0 saturated heterocycles. The number of hydrogen-bond donors (Lipinski definition) is 0. The lowest BCUT2D eigenvalue weighted by molar-refractivity contribution is 0.595. The van der Waals surface area contributed by atoms with Crippen molar-refractivity contribution in [3.05, 3.63) is 131 Å². The summed E-state index contributed by atoms with van der Waals surface area (Å²) in [7, 11) is 0. The lowest BCUT2D eigenvalue weighted by atomic mass is 9.99. The maximum atomic E-state index is 15.1. The predicted octanol–water partition coefficient (Wildman–Crippen LogP) is 9.80. The summed E-state index contributed by atoms with van der Waals surface area (Å²) >= 11 is 0. The van der Waals surface area contributed by atoms with E-state index in [-0.39, 0.29) is 5.82 Å². The van der Waals surface area contributed by atoms with Crippen molar-refractivity contribution >= 4 is 10.8 Å². The minimum absolute atomic E-state index is 0.0725. The number of halogens is 1. The van der Waals surface area contributed by atoms with Gasteiger partial charge in [-0.15, -0.1) is 6.58 Å². The molecule has 0 aromatic heterocycles. The number of rotatable bonds is 12. The van der Waals surface area contributed by atoms with Crippen LogP contribution in [-0.4, -0.2) is 0 Å². The van der Waals surface area contributed by atoms with Crippen molar-refractivity contribution in [3.8, 4) is 11.8 Å². The van der Waals surface area contributed by atoms with Gasteiger partial charge < -0.3 is 0 Å². The van der Waals surface area contributed by atoms with Crippen molar-refractivity contribution in [2.24, 2.45) is 0 Å². The van der Waals surface area contributed by atoms with Gasteiger partial charge in [-0.05, 0) is 90.4 Å². The van der Waals surface area contributed by atoms with E-state index in [1.807, 2.05) is 36.4 Å². The highest BCUT2D eigenvalue weighted by Crippen LogP contribution is 2.24. The molecule has 1 heteroatoms. The molecule has 0 aliphatic heterocycles. The molecule has 0 saturated carbocycles. The first kappa shape index (κ1) is 27.4. The molecule has 0 aliphatic carbocycles. The summed E-state index contributed by atoms with van der Waals surface area (Å²) in [5.41, 5.74) is 6.77. The molecule has 0 unspecified atom stereocenters. The summed E-state index contributed by atoms with van der Waals surface area (Å²) in [5, 5.41) is 1.60. The third-order valence-electron chi connectivity index (χ3n) is 7.25. The Morgan fingerprint density at radius 1 is 0.658 bits per heavy atom. The highest BCUT2D eigenvalue weighted by atomic mass is 19.1. The SMILES string of the molecule is C=CCCc1ccc(CCc2ccc(C#Cc3ccc4c(F)c(CCCCCCC)ccc4c3)cc2)cc1. The van der Waals surface area contributed by atoms with Crippen LogP contribution in [0.2, 0.25) is 0 Å². The first-order valence-electron chi connectivity index (χ1n) is 14.2. The lowest BCUT2D eigenvalue weighted by Crippen LogP contribution is -1.93. The number of fused-ring (bicyclic) bond motifs is 1. The van der Waals surface area contributed by atoms with Gasteiger partial charge in [0.1, 0.15) is 5.82 Å². The van der Waals surface area contributed by atoms with E-state index >= 15 is 4.39 Å². The van der Waals surface area contributed by atoms with Crippen molar-refractivity contribution in [1.29, 1.82) is 0 Å². The van der Waals surface area contributed by atoms with Crippen LogP contribution in [0, 0.1) is 17.7 Å². The molecule has 0 aliphatic rings. The smallest absolute Gasteiger partial charge is 0.134 e. The highest BCUT2D eigenvalue weighted by Gasteiger charge is 2.08. The van der Waals surface area contributed by atoms with E-state index in [0.29, 0.717) is 5.39 Å². The second-order valence-corrected chi connectivity index (χ2v) is 10.2. The van der Waals surface area contributed by atoms with Gasteiger partial charge in [-0.1, -0.05) is 105 Å². The zero-order chi connectivity index (χ0) is 26.6. The minimum atomic E-state index is -0.0725. The summed E-state index contributed by atoms with van der Waals surface area (Å²) in [6.07, 6.45) is 12.9. The topological polar surface area (TPSA) is 0 Å². The summed E-state index contributed by atoms with van der Waals surface area (Å²) in [4.78, 5) is 0. The molecule has 0 bridgehead atoms. The average Bonchev–Trinajstić information content (AvgIpc) is 2.96. The van der Waals surface area contributed by atoms with Gasteiger partial charge in [-0.3, -0.25) is 0 Å². The van der Waals surface area contributed by atoms with Crippen LogP contribution in [0.4, 0.5) is 4.39 Å². The highest BCUT2D eigenvalue weighted by molar-refractivity contribution is 5.85. The van der Waals surface area contributed by atoms with Gasteiger partial charge in [0.05, 0.1) is 0 Å². The fraction of sp³-hybridized carbons (Fsp3) is 0.297. The minimum Gasteiger partial charge on any atom is -0.206 e. The van der Waals surface area contributed by atoms with Crippen LogP contribution in [-0.2, 0) is 25.7 Å². The zero-order valence-electron chi connectivity index (χ0n) is 22.7. The number of allylic oxidation sites excluding steroid dienone is 1. The van der Waals surface area contributed by atoms with Crippen molar-refractivity contribution < 1.29 is 4.39 Å². The fourth-order valence-electron chi connectivity index (χ4n) is 4.86. The monoisotopic (exact) mass is 502 g/mol. The summed E-state index contributed by atoms with van der Waals surface area (Å²) in [5.74, 6) is 6.46. The van der Waals surface area contributed by atoms with Gasteiger partial charge in [0.2, 0.25) is 0 Å². The van der Waals surface area contributed by atoms with E-state index in [4.69, 9.17) is 0 Å². The van der Waals surface area contributed by atoms with Crippen LogP contribution in [0.15, 0.2) is 91.5 Å². The standard InChI is InChI=1S/C37H39F/c1-3-5-7-8-9-11-34-25-26-35-28-33(24-27-36(35)37(34)38)23-22-32-20-18-31(19-21-32)17-16-30-14-12-29(13-15-30)10-6-4-2/h4,12-15,18-21,24-28H,2-3,5-11,16-17H2,1H3. The molecule has 0 heterocycles. The Bertz CT molecular complexity index is 1380. The van der Waals surface area contributed by atoms with E-state index in [1.165, 1.54) is 42.4 Å². The van der Waals surface area contributed by atoms with Crippen molar-refractivity contribution in [2.45, 2.75) is 71.1 Å². The van der Waals surface area contributed by atoms with Gasteiger partial charge in [-0.2, -0.15) is 0 Å². The molecular weight excluding hydrogens is 463 g/mol. The van der Waals surface area contributed by atoms with Crippen LogP contribution in [0.1, 0.15) is 78.8 Å². The van der Waals surface area contributed by atoms with Crippen molar-refractivity contribution in [3.63, 3.8) is 0 Å². The number of aryl methyl sites for hydroxylation is 4. The second-order valence-electron chi connectivity index (χ2n) is 10.2. The van der Waals surface area contributed by atoms with Gasteiger partial charge in [0.25, 0.3) is 0 Å². The largest absolute Gasteiger partial charge is 0.206 e. The van der Waals surface area contributed by atoms with Crippen molar-refractivity contribution in [1.82, 2.24) is 0 Å². The van der Waals surface area contributed by atoms with Gasteiger partial charge >= 0.3 is 0 Å². The normalized spacial score (nSPS) is 10.8.